The third-order valence-electron chi connectivity index (χ3n) is 3.25. The zero-order chi connectivity index (χ0) is 13.8. The lowest BCUT2D eigenvalue weighted by molar-refractivity contribution is -0.139. The molecule has 1 atom stereocenters. The van der Waals surface area contributed by atoms with Gasteiger partial charge in [-0.1, -0.05) is 44.2 Å². The van der Waals surface area contributed by atoms with E-state index in [4.69, 9.17) is 0 Å². The van der Waals surface area contributed by atoms with Gasteiger partial charge in [-0.25, -0.2) is 0 Å². The number of carbonyl (C=O) groups excluding carboxylic acids is 2. The van der Waals surface area contributed by atoms with Gasteiger partial charge in [0, 0.05) is 11.5 Å². The molecule has 1 unspecified atom stereocenters. The first-order valence-electron chi connectivity index (χ1n) is 6.28. The van der Waals surface area contributed by atoms with Crippen LogP contribution in [0.5, 0.6) is 0 Å². The minimum absolute atomic E-state index is 0.344. The Morgan fingerprint density at radius 1 is 1.22 bits per heavy atom. The van der Waals surface area contributed by atoms with Crippen molar-refractivity contribution < 1.29 is 9.59 Å². The van der Waals surface area contributed by atoms with Gasteiger partial charge in [0.25, 0.3) is 5.91 Å². The van der Waals surface area contributed by atoms with E-state index in [2.05, 4.69) is 5.32 Å². The predicted molar refractivity (Wildman–Crippen MR) is 72.4 cm³/mol. The molecule has 18 heavy (non-hydrogen) atoms. The summed E-state index contributed by atoms with van der Waals surface area (Å²) in [5.41, 5.74) is 0.523. The Hall–Kier alpha value is -1.64. The van der Waals surface area contributed by atoms with E-state index in [1.54, 1.807) is 6.92 Å². The minimum Gasteiger partial charge on any atom is -0.345 e. The number of hydrogen-bond acceptors (Lipinski definition) is 2. The van der Waals surface area contributed by atoms with E-state index in [1.807, 2.05) is 51.1 Å². The lowest BCUT2D eigenvalue weighted by Gasteiger charge is -2.24. The molecule has 0 bridgehead atoms. The molecule has 1 aromatic rings. The molecule has 1 N–H and O–H groups in total. The van der Waals surface area contributed by atoms with Crippen LogP contribution in [0, 0.1) is 0 Å². The van der Waals surface area contributed by atoms with Gasteiger partial charge in [-0.05, 0) is 25.8 Å². The maximum atomic E-state index is 12.0. The number of nitrogens with one attached hydrogen (secondary N) is 1. The second-order valence-electron chi connectivity index (χ2n) is 5.19. The Morgan fingerprint density at radius 2 is 1.78 bits per heavy atom. The number of hydrogen-bond donors (Lipinski definition) is 1. The minimum atomic E-state index is -0.502. The number of amides is 1. The molecule has 0 aliphatic heterocycles. The summed E-state index contributed by atoms with van der Waals surface area (Å²) >= 11 is 0. The third kappa shape index (κ3) is 3.69. The summed E-state index contributed by atoms with van der Waals surface area (Å²) in [5.74, 6) is -1.29. The molecule has 3 nitrogen and oxygen atoms in total. The summed E-state index contributed by atoms with van der Waals surface area (Å²) in [7, 11) is 0. The number of carbonyl (C=O) groups is 2. The molecule has 0 saturated heterocycles. The van der Waals surface area contributed by atoms with Gasteiger partial charge < -0.3 is 5.32 Å². The smallest absolute Gasteiger partial charge is 0.288 e. The van der Waals surface area contributed by atoms with Gasteiger partial charge in [-0.2, -0.15) is 0 Å². The highest BCUT2D eigenvalue weighted by Gasteiger charge is 2.27. The maximum absolute atomic E-state index is 12.0. The Bertz CT molecular complexity index is 423. The molecule has 3 heteroatoms. The monoisotopic (exact) mass is 247 g/mol. The molecular weight excluding hydrogens is 226 g/mol. The standard InChI is InChI=1S/C15H21NO2/c1-5-15(3,4)16-14(18)13(17)11(2)12-9-7-6-8-10-12/h6-11H,5H2,1-4H3,(H,16,18). The van der Waals surface area contributed by atoms with Gasteiger partial charge in [-0.3, -0.25) is 9.59 Å². The molecule has 0 aliphatic rings. The van der Waals surface area contributed by atoms with Crippen molar-refractivity contribution in [2.75, 3.05) is 0 Å². The van der Waals surface area contributed by atoms with Crippen molar-refractivity contribution in [2.24, 2.45) is 0 Å². The molecular formula is C15H21NO2. The fourth-order valence-corrected chi connectivity index (χ4v) is 1.55. The van der Waals surface area contributed by atoms with E-state index < -0.39 is 11.8 Å². The van der Waals surface area contributed by atoms with Crippen LogP contribution in [0.1, 0.15) is 45.6 Å². The van der Waals surface area contributed by atoms with Crippen LogP contribution in [-0.2, 0) is 9.59 Å². The summed E-state index contributed by atoms with van der Waals surface area (Å²) in [6.07, 6.45) is 0.783. The highest BCUT2D eigenvalue weighted by Crippen LogP contribution is 2.16. The van der Waals surface area contributed by atoms with Gasteiger partial charge in [0.15, 0.2) is 0 Å². The van der Waals surface area contributed by atoms with Crippen LogP contribution in [-0.4, -0.2) is 17.2 Å². The molecule has 1 rings (SSSR count). The first-order chi connectivity index (χ1) is 8.37. The van der Waals surface area contributed by atoms with Crippen LogP contribution in [0.15, 0.2) is 30.3 Å². The van der Waals surface area contributed by atoms with Crippen LogP contribution in [0.25, 0.3) is 0 Å². The Morgan fingerprint density at radius 3 is 2.28 bits per heavy atom. The fraction of sp³-hybridized carbons (Fsp3) is 0.467. The van der Waals surface area contributed by atoms with E-state index in [1.165, 1.54) is 0 Å². The SMILES string of the molecule is CCC(C)(C)NC(=O)C(=O)C(C)c1ccccc1. The van der Waals surface area contributed by atoms with E-state index >= 15 is 0 Å². The molecule has 0 saturated carbocycles. The number of Topliss-reactive ketones (excluding diaryl/α,β-unsaturated/α-hetero) is 1. The van der Waals surface area contributed by atoms with Crippen molar-refractivity contribution in [3.8, 4) is 0 Å². The van der Waals surface area contributed by atoms with Gasteiger partial charge >= 0.3 is 0 Å². The molecule has 1 amide bonds. The van der Waals surface area contributed by atoms with Crippen molar-refractivity contribution in [3.63, 3.8) is 0 Å². The van der Waals surface area contributed by atoms with Crippen LogP contribution in [0.2, 0.25) is 0 Å². The normalized spacial score (nSPS) is 12.9. The average molecular weight is 247 g/mol. The summed E-state index contributed by atoms with van der Waals surface area (Å²) in [6, 6.07) is 9.35. The Balaban J connectivity index is 2.73. The maximum Gasteiger partial charge on any atom is 0.288 e. The van der Waals surface area contributed by atoms with Crippen molar-refractivity contribution >= 4 is 11.7 Å². The third-order valence-corrected chi connectivity index (χ3v) is 3.25. The Kier molecular flexibility index (Phi) is 4.65. The molecule has 0 aliphatic carbocycles. The fourth-order valence-electron chi connectivity index (χ4n) is 1.55. The van der Waals surface area contributed by atoms with Crippen LogP contribution in [0.3, 0.4) is 0 Å². The van der Waals surface area contributed by atoms with Gasteiger partial charge in [0.05, 0.1) is 0 Å². The van der Waals surface area contributed by atoms with Crippen molar-refractivity contribution in [2.45, 2.75) is 45.6 Å². The van der Waals surface area contributed by atoms with Crippen molar-refractivity contribution in [1.29, 1.82) is 0 Å². The zero-order valence-corrected chi connectivity index (χ0v) is 11.5. The highest BCUT2D eigenvalue weighted by atomic mass is 16.2. The average Bonchev–Trinajstić information content (AvgIpc) is 2.37. The summed E-state index contributed by atoms with van der Waals surface area (Å²) in [4.78, 5) is 23.9. The zero-order valence-electron chi connectivity index (χ0n) is 11.5. The lowest BCUT2D eigenvalue weighted by Crippen LogP contribution is -2.46. The molecule has 0 heterocycles. The van der Waals surface area contributed by atoms with Crippen LogP contribution in [0.4, 0.5) is 0 Å². The van der Waals surface area contributed by atoms with Gasteiger partial charge in [0.1, 0.15) is 0 Å². The van der Waals surface area contributed by atoms with Gasteiger partial charge in [0.2, 0.25) is 5.78 Å². The van der Waals surface area contributed by atoms with Crippen LogP contribution < -0.4 is 5.32 Å². The summed E-state index contributed by atoms with van der Waals surface area (Å²) < 4.78 is 0. The van der Waals surface area contributed by atoms with E-state index in [-0.39, 0.29) is 11.3 Å². The first-order valence-corrected chi connectivity index (χ1v) is 6.28. The molecule has 1 aromatic carbocycles. The molecule has 0 aromatic heterocycles. The number of ketones is 1. The first kappa shape index (κ1) is 14.4. The van der Waals surface area contributed by atoms with Gasteiger partial charge in [-0.15, -0.1) is 0 Å². The van der Waals surface area contributed by atoms with E-state index in [9.17, 15) is 9.59 Å². The van der Waals surface area contributed by atoms with Crippen LogP contribution >= 0.6 is 0 Å². The largest absolute Gasteiger partial charge is 0.345 e. The molecule has 0 fully saturated rings. The highest BCUT2D eigenvalue weighted by molar-refractivity contribution is 6.38. The number of benzene rings is 1. The second kappa shape index (κ2) is 5.80. The molecule has 0 spiro atoms. The number of rotatable bonds is 5. The predicted octanol–water partition coefficient (Wildman–Crippen LogP) is 2.66. The molecule has 98 valence electrons. The Labute approximate surface area is 109 Å². The topological polar surface area (TPSA) is 46.2 Å². The quantitative estimate of drug-likeness (QED) is 0.813. The van der Waals surface area contributed by atoms with E-state index in [0.717, 1.165) is 12.0 Å². The lowest BCUT2D eigenvalue weighted by atomic mass is 9.95. The molecule has 0 radical (unpaired) electrons. The van der Waals surface area contributed by atoms with Crippen molar-refractivity contribution in [1.82, 2.24) is 5.32 Å². The van der Waals surface area contributed by atoms with Crippen molar-refractivity contribution in [3.05, 3.63) is 35.9 Å². The van der Waals surface area contributed by atoms with E-state index in [0.29, 0.717) is 0 Å². The summed E-state index contributed by atoms with van der Waals surface area (Å²) in [6.45, 7) is 7.55. The second-order valence-corrected chi connectivity index (χ2v) is 5.19. The summed E-state index contributed by atoms with van der Waals surface area (Å²) in [5, 5.41) is 2.77.